The Balaban J connectivity index is 2.34. The van der Waals surface area contributed by atoms with Crippen LogP contribution in [0, 0.1) is 0 Å². The smallest absolute Gasteiger partial charge is 0.269 e. The van der Waals surface area contributed by atoms with Crippen LogP contribution in [0.2, 0.25) is 0 Å². The first-order chi connectivity index (χ1) is 8.81. The minimum absolute atomic E-state index is 0.182. The number of H-pyrrole nitrogens is 1. The summed E-state index contributed by atoms with van der Waals surface area (Å²) in [4.78, 5) is 16.4. The van der Waals surface area contributed by atoms with E-state index in [1.165, 1.54) is 10.6 Å². The second kappa shape index (κ2) is 4.00. The molecule has 0 spiro atoms. The van der Waals surface area contributed by atoms with Crippen LogP contribution in [-0.4, -0.2) is 35.1 Å². The van der Waals surface area contributed by atoms with Gasteiger partial charge in [0, 0.05) is 18.0 Å². The number of rotatable bonds is 2. The van der Waals surface area contributed by atoms with Crippen molar-refractivity contribution in [2.45, 2.75) is 6.61 Å². The highest BCUT2D eigenvalue weighted by molar-refractivity contribution is 5.56. The molecule has 0 saturated heterocycles. The van der Waals surface area contributed by atoms with Crippen LogP contribution in [0.15, 0.2) is 29.3 Å². The van der Waals surface area contributed by atoms with E-state index in [0.29, 0.717) is 11.2 Å². The predicted molar refractivity (Wildman–Crippen MR) is 60.6 cm³/mol. The van der Waals surface area contributed by atoms with Gasteiger partial charge < -0.3 is 5.11 Å². The Kier molecular flexibility index (Phi) is 2.34. The Morgan fingerprint density at radius 2 is 2.33 bits per heavy atom. The van der Waals surface area contributed by atoms with Crippen LogP contribution in [0.25, 0.3) is 17.0 Å². The molecular weight excluding hydrogens is 236 g/mol. The van der Waals surface area contributed by atoms with E-state index in [1.54, 1.807) is 18.3 Å². The molecule has 0 amide bonds. The van der Waals surface area contributed by atoms with E-state index >= 15 is 0 Å². The number of tetrazole rings is 1. The summed E-state index contributed by atoms with van der Waals surface area (Å²) in [7, 11) is 0. The van der Waals surface area contributed by atoms with Gasteiger partial charge in [0.25, 0.3) is 5.56 Å². The summed E-state index contributed by atoms with van der Waals surface area (Å²) in [5, 5.41) is 22.4. The molecule has 0 radical (unpaired) electrons. The van der Waals surface area contributed by atoms with Gasteiger partial charge in [-0.25, -0.2) is 4.98 Å². The highest BCUT2D eigenvalue weighted by Crippen LogP contribution is 2.10. The Morgan fingerprint density at radius 3 is 3.06 bits per heavy atom. The maximum Gasteiger partial charge on any atom is 0.269 e. The lowest BCUT2D eigenvalue weighted by Gasteiger charge is -2.04. The van der Waals surface area contributed by atoms with Gasteiger partial charge in [0.1, 0.15) is 11.2 Å². The molecular formula is C10H8N6O2. The SMILES string of the molecule is O=c1c(-c2nn[nH]n2)cnc2c(CO)cccn12. The monoisotopic (exact) mass is 244 g/mol. The van der Waals surface area contributed by atoms with Crippen molar-refractivity contribution in [1.82, 2.24) is 30.0 Å². The van der Waals surface area contributed by atoms with Crippen molar-refractivity contribution in [2.75, 3.05) is 0 Å². The van der Waals surface area contributed by atoms with Gasteiger partial charge >= 0.3 is 0 Å². The summed E-state index contributed by atoms with van der Waals surface area (Å²) < 4.78 is 1.34. The first-order valence-electron chi connectivity index (χ1n) is 5.15. The Bertz CT molecular complexity index is 749. The molecule has 2 N–H and O–H groups in total. The van der Waals surface area contributed by atoms with E-state index in [2.05, 4.69) is 25.6 Å². The number of aliphatic hydroxyl groups is 1. The van der Waals surface area contributed by atoms with Gasteiger partial charge in [0.2, 0.25) is 5.82 Å². The number of aromatic amines is 1. The Hall–Kier alpha value is -2.61. The van der Waals surface area contributed by atoms with Gasteiger partial charge in [-0.1, -0.05) is 6.07 Å². The van der Waals surface area contributed by atoms with Crippen molar-refractivity contribution >= 4 is 5.65 Å². The average molecular weight is 244 g/mol. The van der Waals surface area contributed by atoms with Crippen molar-refractivity contribution in [3.8, 4) is 11.4 Å². The summed E-state index contributed by atoms with van der Waals surface area (Å²) in [5.74, 6) is 0.191. The lowest BCUT2D eigenvalue weighted by molar-refractivity contribution is 0.282. The fraction of sp³-hybridized carbons (Fsp3) is 0.100. The zero-order chi connectivity index (χ0) is 12.5. The van der Waals surface area contributed by atoms with Crippen LogP contribution in [0.5, 0.6) is 0 Å². The molecule has 0 bridgehead atoms. The molecule has 18 heavy (non-hydrogen) atoms. The number of nitrogens with one attached hydrogen (secondary N) is 1. The topological polar surface area (TPSA) is 109 Å². The maximum absolute atomic E-state index is 12.2. The zero-order valence-electron chi connectivity index (χ0n) is 9.11. The number of pyridine rings is 1. The van der Waals surface area contributed by atoms with Gasteiger partial charge in [0.05, 0.1) is 6.61 Å². The molecule has 3 heterocycles. The van der Waals surface area contributed by atoms with E-state index in [0.717, 1.165) is 0 Å². The quantitative estimate of drug-likeness (QED) is 0.621. The number of nitrogens with zero attached hydrogens (tertiary/aromatic N) is 5. The first kappa shape index (κ1) is 10.5. The van der Waals surface area contributed by atoms with Crippen LogP contribution in [-0.2, 0) is 6.61 Å². The number of fused-ring (bicyclic) bond motifs is 1. The molecule has 0 fully saturated rings. The summed E-state index contributed by atoms with van der Waals surface area (Å²) >= 11 is 0. The fourth-order valence-corrected chi connectivity index (χ4v) is 1.72. The molecule has 0 saturated carbocycles. The summed E-state index contributed by atoms with van der Waals surface area (Å²) in [6, 6.07) is 3.37. The van der Waals surface area contributed by atoms with Crippen LogP contribution in [0.3, 0.4) is 0 Å². The van der Waals surface area contributed by atoms with Gasteiger partial charge in [-0.05, 0) is 11.3 Å². The lowest BCUT2D eigenvalue weighted by Crippen LogP contribution is -2.18. The third kappa shape index (κ3) is 1.47. The van der Waals surface area contributed by atoms with Crippen molar-refractivity contribution in [2.24, 2.45) is 0 Å². The number of aliphatic hydroxyl groups excluding tert-OH is 1. The van der Waals surface area contributed by atoms with E-state index in [9.17, 15) is 9.90 Å². The molecule has 3 aromatic rings. The van der Waals surface area contributed by atoms with Crippen LogP contribution in [0.4, 0.5) is 0 Å². The van der Waals surface area contributed by atoms with Crippen LogP contribution in [0.1, 0.15) is 5.56 Å². The third-order valence-corrected chi connectivity index (χ3v) is 2.57. The van der Waals surface area contributed by atoms with Crippen molar-refractivity contribution < 1.29 is 5.11 Å². The van der Waals surface area contributed by atoms with Gasteiger partial charge in [-0.15, -0.1) is 10.2 Å². The molecule has 0 aliphatic rings. The standard InChI is InChI=1S/C10H8N6O2/c17-5-6-2-1-3-16-9(6)11-4-7(10(16)18)8-12-14-15-13-8/h1-4,17H,5H2,(H,12,13,14,15). The summed E-state index contributed by atoms with van der Waals surface area (Å²) in [6.45, 7) is -0.182. The molecule has 0 aliphatic heterocycles. The molecule has 0 atom stereocenters. The van der Waals surface area contributed by atoms with Gasteiger partial charge in [-0.2, -0.15) is 5.21 Å². The second-order valence-corrected chi connectivity index (χ2v) is 3.60. The Morgan fingerprint density at radius 1 is 1.44 bits per heavy atom. The average Bonchev–Trinajstić information content (AvgIpc) is 2.92. The van der Waals surface area contributed by atoms with Gasteiger partial charge in [-0.3, -0.25) is 9.20 Å². The summed E-state index contributed by atoms with van der Waals surface area (Å²) in [5.41, 5.74) is 0.930. The molecule has 0 unspecified atom stereocenters. The minimum atomic E-state index is -0.309. The fourth-order valence-electron chi connectivity index (χ4n) is 1.72. The van der Waals surface area contributed by atoms with Gasteiger partial charge in [0.15, 0.2) is 0 Å². The number of aromatic nitrogens is 6. The second-order valence-electron chi connectivity index (χ2n) is 3.60. The highest BCUT2D eigenvalue weighted by atomic mass is 16.3. The van der Waals surface area contributed by atoms with E-state index < -0.39 is 0 Å². The minimum Gasteiger partial charge on any atom is -0.392 e. The largest absolute Gasteiger partial charge is 0.392 e. The van der Waals surface area contributed by atoms with E-state index in [1.807, 2.05) is 0 Å². The van der Waals surface area contributed by atoms with Crippen molar-refractivity contribution in [1.29, 1.82) is 0 Å². The molecule has 8 heteroatoms. The molecule has 3 aromatic heterocycles. The highest BCUT2D eigenvalue weighted by Gasteiger charge is 2.12. The van der Waals surface area contributed by atoms with E-state index in [4.69, 9.17) is 0 Å². The van der Waals surface area contributed by atoms with E-state index in [-0.39, 0.29) is 23.6 Å². The third-order valence-electron chi connectivity index (χ3n) is 2.57. The molecule has 8 nitrogen and oxygen atoms in total. The lowest BCUT2D eigenvalue weighted by atomic mass is 10.2. The van der Waals surface area contributed by atoms with Crippen LogP contribution < -0.4 is 5.56 Å². The molecule has 90 valence electrons. The summed E-state index contributed by atoms with van der Waals surface area (Å²) in [6.07, 6.45) is 2.95. The van der Waals surface area contributed by atoms with Crippen molar-refractivity contribution in [3.63, 3.8) is 0 Å². The predicted octanol–water partition coefficient (Wildman–Crippen LogP) is -0.633. The van der Waals surface area contributed by atoms with Crippen LogP contribution >= 0.6 is 0 Å². The molecule has 0 aliphatic carbocycles. The number of hydrogen-bond acceptors (Lipinski definition) is 6. The maximum atomic E-state index is 12.2. The first-order valence-corrected chi connectivity index (χ1v) is 5.15. The number of hydrogen-bond donors (Lipinski definition) is 2. The molecule has 3 rings (SSSR count). The zero-order valence-corrected chi connectivity index (χ0v) is 9.11. The van der Waals surface area contributed by atoms with Crippen molar-refractivity contribution in [3.05, 3.63) is 40.4 Å². The molecule has 0 aromatic carbocycles. The Labute approximate surface area is 99.9 Å². The normalized spacial score (nSPS) is 10.9.